The first-order valence-electron chi connectivity index (χ1n) is 15.1. The van der Waals surface area contributed by atoms with Crippen LogP contribution < -0.4 is 0 Å². The van der Waals surface area contributed by atoms with Gasteiger partial charge in [-0.05, 0) is 72.1 Å². The maximum atomic E-state index is 11.6. The minimum absolute atomic E-state index is 0. The van der Waals surface area contributed by atoms with Crippen molar-refractivity contribution >= 4 is 125 Å². The van der Waals surface area contributed by atoms with Crippen molar-refractivity contribution in [3.8, 4) is 11.5 Å². The van der Waals surface area contributed by atoms with Crippen molar-refractivity contribution in [3.05, 3.63) is 118 Å². The van der Waals surface area contributed by atoms with E-state index in [0.717, 1.165) is 23.3 Å². The topological polar surface area (TPSA) is 285 Å². The van der Waals surface area contributed by atoms with Gasteiger partial charge in [-0.3, -0.25) is 0 Å². The quantitative estimate of drug-likeness (QED) is 0.0498. The smallest absolute Gasteiger partial charge is 0.744 e. The van der Waals surface area contributed by atoms with E-state index in [4.69, 9.17) is 0 Å². The molecule has 0 spiro atoms. The summed E-state index contributed by atoms with van der Waals surface area (Å²) in [6, 6.07) is 22.3. The van der Waals surface area contributed by atoms with Crippen LogP contribution in [0.5, 0.6) is 11.5 Å². The molecule has 0 saturated carbocycles. The Morgan fingerprint density at radius 2 is 0.909 bits per heavy atom. The third-order valence-corrected chi connectivity index (χ3v) is 9.40. The minimum atomic E-state index is -4.84. The second kappa shape index (κ2) is 17.1. The Balaban J connectivity index is 0.000000240. The molecule has 0 amide bonds. The van der Waals surface area contributed by atoms with E-state index in [-0.39, 0.29) is 104 Å². The van der Waals surface area contributed by atoms with Crippen molar-refractivity contribution in [3.63, 3.8) is 0 Å². The fraction of sp³-hybridized carbons (Fsp3) is 0.0588. The predicted octanol–water partition coefficient (Wildman–Crippen LogP) is 7.57. The van der Waals surface area contributed by atoms with E-state index in [0.29, 0.717) is 10.8 Å². The average Bonchev–Trinajstić information content (AvgIpc) is 3.09. The summed E-state index contributed by atoms with van der Waals surface area (Å²) in [5, 5.41) is 54.6. The third-order valence-electron chi connectivity index (χ3n) is 7.65. The van der Waals surface area contributed by atoms with Gasteiger partial charge in [0.05, 0.1) is 19.6 Å². The monoisotopic (exact) mass is 912 g/mol. The van der Waals surface area contributed by atoms with Gasteiger partial charge in [-0.15, -0.1) is 20.5 Å². The normalized spacial score (nSPS) is 11.7. The Bertz CT molecular complexity index is 2610. The molecule has 55 heavy (non-hydrogen) atoms. The van der Waals surface area contributed by atoms with Crippen molar-refractivity contribution < 1.29 is 56.4 Å². The van der Waals surface area contributed by atoms with E-state index in [1.54, 1.807) is 38.1 Å². The summed E-state index contributed by atoms with van der Waals surface area (Å²) in [5.41, 5.74) is 0.550. The van der Waals surface area contributed by atoms with Crippen LogP contribution in [0.25, 0.3) is 21.5 Å². The number of hydrogen-bond donors (Lipinski definition) is 4. The molecule has 21 heteroatoms. The molecule has 6 rings (SSSR count). The number of phenols is 2. The summed E-state index contributed by atoms with van der Waals surface area (Å²) in [5.74, 6) is -0.806. The van der Waals surface area contributed by atoms with Gasteiger partial charge in [0.15, 0.2) is 11.4 Å². The second-order valence-electron chi connectivity index (χ2n) is 11.4. The SMILES string of the molecule is Cc1ccc([N+](=O)O)c(N=Nc2c(O)ccc3cccc(S(=O)(=O)[O-])c23)c1.Cc1ccc([N+](=O)O)c(N=Nc2c(O)ccc3cccc(S(=O)(=O)[O-])c23)c1.[Ba+2]. The van der Waals surface area contributed by atoms with Crippen molar-refractivity contribution in [1.29, 1.82) is 0 Å². The summed E-state index contributed by atoms with van der Waals surface area (Å²) in [6.07, 6.45) is 0. The third kappa shape index (κ3) is 9.75. The molecule has 0 radical (unpaired) electrons. The van der Waals surface area contributed by atoms with Gasteiger partial charge in [-0.1, -0.05) is 48.5 Å². The first kappa shape index (κ1) is 42.6. The maximum absolute atomic E-state index is 11.6. The zero-order valence-corrected chi connectivity index (χ0v) is 34.6. The number of rotatable bonds is 8. The number of aromatic hydroxyl groups is 2. The summed E-state index contributed by atoms with van der Waals surface area (Å²) in [7, 11) is -9.68. The predicted molar refractivity (Wildman–Crippen MR) is 194 cm³/mol. The minimum Gasteiger partial charge on any atom is -0.744 e. The molecule has 0 atom stereocenters. The molecule has 0 unspecified atom stereocenters. The molecule has 0 aliphatic carbocycles. The Kier molecular flexibility index (Phi) is 13.2. The zero-order valence-electron chi connectivity index (χ0n) is 28.5. The van der Waals surface area contributed by atoms with Crippen molar-refractivity contribution in [2.75, 3.05) is 0 Å². The molecule has 6 aromatic rings. The van der Waals surface area contributed by atoms with E-state index in [1.165, 1.54) is 60.7 Å². The fourth-order valence-electron chi connectivity index (χ4n) is 5.21. The van der Waals surface area contributed by atoms with Crippen molar-refractivity contribution in [1.82, 2.24) is 0 Å². The number of nitrogens with zero attached hydrogens (tertiary/aromatic N) is 6. The molecule has 0 saturated heterocycles. The van der Waals surface area contributed by atoms with Crippen LogP contribution in [0.3, 0.4) is 0 Å². The molecule has 4 N–H and O–H groups in total. The van der Waals surface area contributed by atoms with Gasteiger partial charge in [0, 0.05) is 22.9 Å². The van der Waals surface area contributed by atoms with Gasteiger partial charge in [0.2, 0.25) is 0 Å². The van der Waals surface area contributed by atoms with E-state index in [2.05, 4.69) is 20.5 Å². The molecule has 6 aromatic carbocycles. The average molecular weight is 912 g/mol. The Hall–Kier alpha value is -5.17. The van der Waals surface area contributed by atoms with Crippen molar-refractivity contribution in [2.45, 2.75) is 23.6 Å². The summed E-state index contributed by atoms with van der Waals surface area (Å²) < 4.78 is 69.5. The molecule has 276 valence electrons. The second-order valence-corrected chi connectivity index (χ2v) is 14.1. The van der Waals surface area contributed by atoms with Gasteiger partial charge in [0.25, 0.3) is 9.85 Å². The maximum Gasteiger partial charge on any atom is 2.00 e. The van der Waals surface area contributed by atoms with Crippen LogP contribution >= 0.6 is 0 Å². The standard InChI is InChI=1S/2C17H13N3O6S.Ba/c2*1-10-5-7-13(20(22)23)12(9-10)18-19-17-14(21)8-6-11-3-2-4-15(16(11)17)27(24,25)26;/h2*2-9H,1H3,(H2-,18,21,22,23,24,25,26);/q;;+2. The number of aryl methyl sites for hydroxylation is 2. The van der Waals surface area contributed by atoms with Crippen LogP contribution in [0, 0.1) is 23.7 Å². The van der Waals surface area contributed by atoms with Crippen LogP contribution in [0.1, 0.15) is 11.1 Å². The first-order chi connectivity index (χ1) is 25.4. The Morgan fingerprint density at radius 1 is 0.545 bits per heavy atom. The summed E-state index contributed by atoms with van der Waals surface area (Å²) >= 11 is 0. The molecule has 0 bridgehead atoms. The molecule has 0 aliphatic rings. The van der Waals surface area contributed by atoms with E-state index < -0.39 is 41.5 Å². The first-order valence-corrected chi connectivity index (χ1v) is 18.0. The largest absolute Gasteiger partial charge is 2.00 e. The van der Waals surface area contributed by atoms with Crippen LogP contribution in [-0.4, -0.2) is 105 Å². The van der Waals surface area contributed by atoms with Gasteiger partial charge in [-0.25, -0.2) is 27.3 Å². The van der Waals surface area contributed by atoms with E-state index >= 15 is 0 Å². The van der Waals surface area contributed by atoms with Crippen LogP contribution in [0.15, 0.2) is 127 Å². The van der Waals surface area contributed by atoms with E-state index in [9.17, 15) is 56.4 Å². The molecule has 0 heterocycles. The van der Waals surface area contributed by atoms with Gasteiger partial charge < -0.3 is 19.3 Å². The van der Waals surface area contributed by atoms with Crippen LogP contribution in [-0.2, 0) is 20.2 Å². The zero-order chi connectivity index (χ0) is 39.5. The molecular formula is C34H26BaN6O12S2+2. The molecule has 0 aliphatic heterocycles. The number of hydrogen-bond acceptors (Lipinski definition) is 14. The Morgan fingerprint density at radius 3 is 1.24 bits per heavy atom. The number of fused-ring (bicyclic) bond motifs is 2. The molecule has 0 aromatic heterocycles. The van der Waals surface area contributed by atoms with Gasteiger partial charge >= 0.3 is 60.3 Å². The van der Waals surface area contributed by atoms with Crippen LogP contribution in [0.4, 0.5) is 34.1 Å². The van der Waals surface area contributed by atoms with Gasteiger partial charge in [-0.2, -0.15) is 0 Å². The molecular weight excluding hydrogens is 886 g/mol. The van der Waals surface area contributed by atoms with Crippen molar-refractivity contribution in [2.24, 2.45) is 20.5 Å². The summed E-state index contributed by atoms with van der Waals surface area (Å²) in [6.45, 7) is 3.46. The van der Waals surface area contributed by atoms with Crippen LogP contribution in [0.2, 0.25) is 0 Å². The van der Waals surface area contributed by atoms with Gasteiger partial charge in [0.1, 0.15) is 43.1 Å². The Labute approximate surface area is 351 Å². The summed E-state index contributed by atoms with van der Waals surface area (Å²) in [4.78, 5) is 20.6. The fourth-order valence-corrected chi connectivity index (χ4v) is 6.63. The number of benzene rings is 6. The van der Waals surface area contributed by atoms with E-state index in [1.807, 2.05) is 0 Å². The number of azo groups is 2. The molecule has 18 nitrogen and oxygen atoms in total. The molecule has 0 fully saturated rings. The number of phenolic OH excluding ortho intramolecular Hbond substituents is 2.